The van der Waals surface area contributed by atoms with Gasteiger partial charge in [-0.2, -0.15) is 5.26 Å². The van der Waals surface area contributed by atoms with E-state index < -0.39 is 0 Å². The molecular formula is C15H14N4. The smallest absolute Gasteiger partial charge is 0.140 e. The Hall–Kier alpha value is -2.41. The van der Waals surface area contributed by atoms with E-state index in [2.05, 4.69) is 20.9 Å². The van der Waals surface area contributed by atoms with Crippen molar-refractivity contribution in [2.75, 3.05) is 18.0 Å². The van der Waals surface area contributed by atoms with Crippen molar-refractivity contribution in [1.29, 1.82) is 5.26 Å². The number of pyridine rings is 2. The first kappa shape index (κ1) is 11.7. The van der Waals surface area contributed by atoms with Crippen molar-refractivity contribution >= 4 is 5.69 Å². The summed E-state index contributed by atoms with van der Waals surface area (Å²) in [5.41, 5.74) is 2.70. The van der Waals surface area contributed by atoms with Crippen LogP contribution in [0.3, 0.4) is 0 Å². The number of nitriles is 1. The van der Waals surface area contributed by atoms with Crippen molar-refractivity contribution in [3.63, 3.8) is 0 Å². The van der Waals surface area contributed by atoms with Crippen molar-refractivity contribution in [3.05, 3.63) is 54.1 Å². The summed E-state index contributed by atoms with van der Waals surface area (Å²) in [6.07, 6.45) is 4.73. The highest BCUT2D eigenvalue weighted by Gasteiger charge is 2.24. The molecule has 0 saturated carbocycles. The van der Waals surface area contributed by atoms with Crippen LogP contribution in [-0.2, 0) is 0 Å². The molecule has 2 aromatic rings. The number of anilines is 1. The van der Waals surface area contributed by atoms with Gasteiger partial charge in [0.1, 0.15) is 11.8 Å². The van der Waals surface area contributed by atoms with Gasteiger partial charge in [0, 0.05) is 30.9 Å². The molecule has 0 aliphatic carbocycles. The van der Waals surface area contributed by atoms with Gasteiger partial charge in [-0.15, -0.1) is 0 Å². The first-order chi connectivity index (χ1) is 9.36. The minimum absolute atomic E-state index is 0.462. The highest BCUT2D eigenvalue weighted by molar-refractivity contribution is 5.47. The maximum atomic E-state index is 8.75. The van der Waals surface area contributed by atoms with Crippen LogP contribution in [-0.4, -0.2) is 23.1 Å². The summed E-state index contributed by atoms with van der Waals surface area (Å²) in [7, 11) is 0. The van der Waals surface area contributed by atoms with Gasteiger partial charge in [-0.05, 0) is 30.7 Å². The van der Waals surface area contributed by atoms with E-state index >= 15 is 0 Å². The van der Waals surface area contributed by atoms with Gasteiger partial charge in [0.25, 0.3) is 0 Å². The van der Waals surface area contributed by atoms with Crippen molar-refractivity contribution < 1.29 is 0 Å². The maximum Gasteiger partial charge on any atom is 0.140 e. The molecule has 1 fully saturated rings. The molecule has 4 nitrogen and oxygen atoms in total. The number of hydrogen-bond acceptors (Lipinski definition) is 4. The Morgan fingerprint density at radius 1 is 1.21 bits per heavy atom. The summed E-state index contributed by atoms with van der Waals surface area (Å²) in [4.78, 5) is 10.9. The Labute approximate surface area is 112 Å². The van der Waals surface area contributed by atoms with E-state index in [0.717, 1.165) is 30.9 Å². The fourth-order valence-corrected chi connectivity index (χ4v) is 2.49. The van der Waals surface area contributed by atoms with Crippen LogP contribution < -0.4 is 4.90 Å². The normalized spacial score (nSPS) is 18.3. The van der Waals surface area contributed by atoms with Gasteiger partial charge in [0.2, 0.25) is 0 Å². The summed E-state index contributed by atoms with van der Waals surface area (Å²) >= 11 is 0. The molecule has 1 atom stereocenters. The Morgan fingerprint density at radius 2 is 2.16 bits per heavy atom. The van der Waals surface area contributed by atoms with Crippen LogP contribution in [0.15, 0.2) is 42.7 Å². The van der Waals surface area contributed by atoms with Crippen LogP contribution in [0.1, 0.15) is 23.7 Å². The minimum atomic E-state index is 0.462. The number of nitrogens with zero attached hydrogens (tertiary/aromatic N) is 4. The Kier molecular flexibility index (Phi) is 3.11. The molecule has 0 N–H and O–H groups in total. The topological polar surface area (TPSA) is 52.8 Å². The molecule has 0 spiro atoms. The average Bonchev–Trinajstić information content (AvgIpc) is 2.98. The molecule has 3 heterocycles. The van der Waals surface area contributed by atoms with Crippen molar-refractivity contribution in [2.45, 2.75) is 12.3 Å². The highest BCUT2D eigenvalue weighted by Crippen LogP contribution is 2.29. The van der Waals surface area contributed by atoms with Crippen LogP contribution >= 0.6 is 0 Å². The molecule has 3 rings (SSSR count). The lowest BCUT2D eigenvalue weighted by atomic mass is 10.0. The molecule has 0 aromatic carbocycles. The molecule has 4 heteroatoms. The third-order valence-electron chi connectivity index (χ3n) is 3.52. The Morgan fingerprint density at radius 3 is 2.84 bits per heavy atom. The van der Waals surface area contributed by atoms with Crippen LogP contribution in [0.5, 0.6) is 0 Å². The van der Waals surface area contributed by atoms with Gasteiger partial charge < -0.3 is 4.90 Å². The van der Waals surface area contributed by atoms with Crippen LogP contribution in [0.2, 0.25) is 0 Å². The summed E-state index contributed by atoms with van der Waals surface area (Å²) < 4.78 is 0. The Balaban J connectivity index is 1.73. The Bertz CT molecular complexity index is 586. The first-order valence-corrected chi connectivity index (χ1v) is 6.39. The fraction of sp³-hybridized carbons (Fsp3) is 0.267. The van der Waals surface area contributed by atoms with E-state index in [1.54, 1.807) is 12.3 Å². The zero-order valence-electron chi connectivity index (χ0n) is 10.5. The monoisotopic (exact) mass is 250 g/mol. The van der Waals surface area contributed by atoms with Gasteiger partial charge in [-0.3, -0.25) is 4.98 Å². The SMILES string of the molecule is N#Cc1ccc(N2CCC(c3ccccn3)C2)cn1. The van der Waals surface area contributed by atoms with E-state index in [9.17, 15) is 0 Å². The zero-order valence-corrected chi connectivity index (χ0v) is 10.5. The van der Waals surface area contributed by atoms with Crippen LogP contribution in [0, 0.1) is 11.3 Å². The number of rotatable bonds is 2. The van der Waals surface area contributed by atoms with Gasteiger partial charge in [-0.25, -0.2) is 4.98 Å². The average molecular weight is 250 g/mol. The second-order valence-electron chi connectivity index (χ2n) is 4.70. The van der Waals surface area contributed by atoms with Gasteiger partial charge in [0.05, 0.1) is 11.9 Å². The molecule has 1 aliphatic rings. The third kappa shape index (κ3) is 2.41. The second-order valence-corrected chi connectivity index (χ2v) is 4.70. The largest absolute Gasteiger partial charge is 0.370 e. The van der Waals surface area contributed by atoms with Crippen molar-refractivity contribution in [3.8, 4) is 6.07 Å². The number of hydrogen-bond donors (Lipinski definition) is 0. The van der Waals surface area contributed by atoms with Crippen molar-refractivity contribution in [2.24, 2.45) is 0 Å². The molecule has 0 amide bonds. The van der Waals surface area contributed by atoms with E-state index in [4.69, 9.17) is 5.26 Å². The molecule has 19 heavy (non-hydrogen) atoms. The standard InChI is InChI=1S/C15H14N4/c16-9-13-4-5-14(10-18-13)19-8-6-12(11-19)15-3-1-2-7-17-15/h1-5,7,10,12H,6,8,11H2. The summed E-state index contributed by atoms with van der Waals surface area (Å²) in [5, 5.41) is 8.75. The van der Waals surface area contributed by atoms with Gasteiger partial charge in [-0.1, -0.05) is 6.07 Å². The lowest BCUT2D eigenvalue weighted by Crippen LogP contribution is -2.19. The van der Waals surface area contributed by atoms with Gasteiger partial charge in [0.15, 0.2) is 0 Å². The summed E-state index contributed by atoms with van der Waals surface area (Å²) in [6, 6.07) is 11.8. The molecular weight excluding hydrogens is 236 g/mol. The maximum absolute atomic E-state index is 8.75. The number of aromatic nitrogens is 2. The van der Waals surface area contributed by atoms with E-state index in [0.29, 0.717) is 11.6 Å². The van der Waals surface area contributed by atoms with E-state index in [-0.39, 0.29) is 0 Å². The van der Waals surface area contributed by atoms with Crippen LogP contribution in [0.25, 0.3) is 0 Å². The predicted molar refractivity (Wildman–Crippen MR) is 72.8 cm³/mol. The molecule has 0 radical (unpaired) electrons. The molecule has 1 aliphatic heterocycles. The predicted octanol–water partition coefficient (Wildman–Crippen LogP) is 2.34. The van der Waals surface area contributed by atoms with E-state index in [1.807, 2.05) is 30.5 Å². The first-order valence-electron chi connectivity index (χ1n) is 6.39. The summed E-state index contributed by atoms with van der Waals surface area (Å²) in [6.45, 7) is 1.97. The van der Waals surface area contributed by atoms with Gasteiger partial charge >= 0.3 is 0 Å². The quantitative estimate of drug-likeness (QED) is 0.821. The second kappa shape index (κ2) is 5.07. The zero-order chi connectivity index (χ0) is 13.1. The van der Waals surface area contributed by atoms with Crippen molar-refractivity contribution in [1.82, 2.24) is 9.97 Å². The minimum Gasteiger partial charge on any atom is -0.370 e. The lowest BCUT2D eigenvalue weighted by molar-refractivity contribution is 0.744. The van der Waals surface area contributed by atoms with Crippen LogP contribution in [0.4, 0.5) is 5.69 Å². The highest BCUT2D eigenvalue weighted by atomic mass is 15.2. The third-order valence-corrected chi connectivity index (χ3v) is 3.52. The molecule has 94 valence electrons. The fourth-order valence-electron chi connectivity index (χ4n) is 2.49. The molecule has 1 unspecified atom stereocenters. The molecule has 2 aromatic heterocycles. The lowest BCUT2D eigenvalue weighted by Gasteiger charge is -2.18. The summed E-state index contributed by atoms with van der Waals surface area (Å²) in [5.74, 6) is 0.483. The molecule has 1 saturated heterocycles. The van der Waals surface area contributed by atoms with E-state index in [1.165, 1.54) is 0 Å². The molecule has 0 bridgehead atoms.